The van der Waals surface area contributed by atoms with E-state index in [9.17, 15) is 4.79 Å². The molecule has 0 atom stereocenters. The van der Waals surface area contributed by atoms with Gasteiger partial charge < -0.3 is 14.2 Å². The number of benzene rings is 2. The highest BCUT2D eigenvalue weighted by atomic mass is 16.5. The van der Waals surface area contributed by atoms with E-state index in [1.54, 1.807) is 18.3 Å². The van der Waals surface area contributed by atoms with E-state index in [4.69, 9.17) is 4.74 Å². The molecule has 0 unspecified atom stereocenters. The van der Waals surface area contributed by atoms with Crippen molar-refractivity contribution >= 4 is 33.6 Å². The van der Waals surface area contributed by atoms with Crippen LogP contribution in [0.2, 0.25) is 0 Å². The summed E-state index contributed by atoms with van der Waals surface area (Å²) < 4.78 is 7.82. The molecule has 0 N–H and O–H groups in total. The van der Waals surface area contributed by atoms with Gasteiger partial charge in [0.15, 0.2) is 0 Å². The molecular formula is C28H32N4O2. The van der Waals surface area contributed by atoms with E-state index in [0.717, 1.165) is 45.1 Å². The number of fused-ring (bicyclic) bond motifs is 3. The van der Waals surface area contributed by atoms with Gasteiger partial charge in [-0.1, -0.05) is 24.3 Å². The highest BCUT2D eigenvalue weighted by Crippen LogP contribution is 2.30. The minimum Gasteiger partial charge on any atom is -0.459 e. The average molecular weight is 457 g/mol. The fourth-order valence-electron chi connectivity index (χ4n) is 5.00. The number of carbonyl (C=O) groups excluding carboxylic acids is 1. The van der Waals surface area contributed by atoms with E-state index in [0.29, 0.717) is 5.56 Å². The topological polar surface area (TPSA) is 50.6 Å². The molecule has 0 saturated carbocycles. The number of hydrogen-bond acceptors (Lipinski definition) is 5. The summed E-state index contributed by atoms with van der Waals surface area (Å²) in [4.78, 5) is 21.7. The third-order valence-electron chi connectivity index (χ3n) is 6.58. The van der Waals surface area contributed by atoms with Crippen LogP contribution < -0.4 is 4.90 Å². The maximum absolute atomic E-state index is 12.5. The molecule has 1 fully saturated rings. The molecule has 3 heterocycles. The third kappa shape index (κ3) is 4.26. The molecular weight excluding hydrogens is 424 g/mol. The molecule has 1 saturated heterocycles. The number of anilines is 1. The van der Waals surface area contributed by atoms with Gasteiger partial charge >= 0.3 is 5.97 Å². The number of aromatic nitrogens is 2. The van der Waals surface area contributed by atoms with Crippen molar-refractivity contribution in [2.45, 2.75) is 40.0 Å². The van der Waals surface area contributed by atoms with Crippen LogP contribution in [0, 0.1) is 0 Å². The molecule has 34 heavy (non-hydrogen) atoms. The van der Waals surface area contributed by atoms with Crippen LogP contribution in [-0.4, -0.2) is 52.7 Å². The number of pyridine rings is 1. The van der Waals surface area contributed by atoms with Crippen molar-refractivity contribution in [1.29, 1.82) is 0 Å². The number of carbonyl (C=O) groups is 1. The first-order valence-corrected chi connectivity index (χ1v) is 12.2. The number of esters is 1. The maximum Gasteiger partial charge on any atom is 0.342 e. The van der Waals surface area contributed by atoms with Gasteiger partial charge in [0.1, 0.15) is 11.4 Å². The molecule has 0 aliphatic carbocycles. The van der Waals surface area contributed by atoms with E-state index >= 15 is 0 Å². The van der Waals surface area contributed by atoms with Crippen LogP contribution in [0.4, 0.5) is 5.82 Å². The Balaban J connectivity index is 1.30. The van der Waals surface area contributed by atoms with Gasteiger partial charge in [-0.15, -0.1) is 0 Å². The van der Waals surface area contributed by atoms with Crippen molar-refractivity contribution in [3.8, 4) is 0 Å². The Morgan fingerprint density at radius 2 is 1.74 bits per heavy atom. The van der Waals surface area contributed by atoms with Crippen LogP contribution in [0.15, 0.2) is 60.8 Å². The summed E-state index contributed by atoms with van der Waals surface area (Å²) in [5.41, 5.74) is 4.47. The zero-order valence-corrected chi connectivity index (χ0v) is 20.2. The lowest BCUT2D eigenvalue weighted by molar-refractivity contribution is 0.0378. The van der Waals surface area contributed by atoms with Crippen molar-refractivity contribution in [1.82, 2.24) is 14.5 Å². The zero-order valence-electron chi connectivity index (χ0n) is 20.2. The molecule has 6 nitrogen and oxygen atoms in total. The van der Waals surface area contributed by atoms with E-state index in [-0.39, 0.29) is 12.1 Å². The van der Waals surface area contributed by atoms with E-state index < -0.39 is 0 Å². The van der Waals surface area contributed by atoms with Gasteiger partial charge in [0.05, 0.1) is 6.10 Å². The quantitative estimate of drug-likeness (QED) is 0.378. The fourth-order valence-corrected chi connectivity index (χ4v) is 5.00. The van der Waals surface area contributed by atoms with Crippen LogP contribution in [0.3, 0.4) is 0 Å². The van der Waals surface area contributed by atoms with Gasteiger partial charge in [-0.25, -0.2) is 9.78 Å². The number of aryl methyl sites for hydroxylation is 1. The van der Waals surface area contributed by atoms with Gasteiger partial charge in [-0.2, -0.15) is 0 Å². The molecule has 2 aromatic heterocycles. The second-order valence-corrected chi connectivity index (χ2v) is 9.20. The van der Waals surface area contributed by atoms with Crippen molar-refractivity contribution in [3.63, 3.8) is 0 Å². The Labute approximate surface area is 200 Å². The molecule has 0 amide bonds. The number of ether oxygens (including phenoxy) is 1. The van der Waals surface area contributed by atoms with Gasteiger partial charge in [0.2, 0.25) is 0 Å². The largest absolute Gasteiger partial charge is 0.459 e. The molecule has 6 heteroatoms. The minimum atomic E-state index is -0.305. The third-order valence-corrected chi connectivity index (χ3v) is 6.58. The number of nitrogens with zero attached hydrogens (tertiary/aromatic N) is 4. The van der Waals surface area contributed by atoms with Crippen LogP contribution in [0.1, 0.15) is 36.7 Å². The molecule has 1 aliphatic heterocycles. The van der Waals surface area contributed by atoms with Crippen LogP contribution in [0.25, 0.3) is 21.8 Å². The Hall–Kier alpha value is -3.38. The summed E-state index contributed by atoms with van der Waals surface area (Å²) in [7, 11) is 0. The van der Waals surface area contributed by atoms with Crippen LogP contribution in [-0.2, 0) is 17.8 Å². The second-order valence-electron chi connectivity index (χ2n) is 9.20. The Bertz CT molecular complexity index is 1320. The molecule has 2 aromatic carbocycles. The predicted molar refractivity (Wildman–Crippen MR) is 137 cm³/mol. The molecule has 0 spiro atoms. The van der Waals surface area contributed by atoms with Crippen LogP contribution in [0.5, 0.6) is 0 Å². The summed E-state index contributed by atoms with van der Waals surface area (Å²) >= 11 is 0. The number of hydrogen-bond donors (Lipinski definition) is 0. The lowest BCUT2D eigenvalue weighted by Crippen LogP contribution is -2.46. The first kappa shape index (κ1) is 22.4. The SMILES string of the molecule is CCn1c2ccccc2c2cc(CN3CCN(c4ncccc4C(=O)OC(C)C)CC3)ccc21. The number of rotatable bonds is 6. The summed E-state index contributed by atoms with van der Waals surface area (Å²) in [5.74, 6) is 0.418. The summed E-state index contributed by atoms with van der Waals surface area (Å²) in [6.07, 6.45) is 1.59. The molecule has 176 valence electrons. The van der Waals surface area contributed by atoms with Gasteiger partial charge in [0, 0.05) is 67.3 Å². The molecule has 1 aliphatic rings. The summed E-state index contributed by atoms with van der Waals surface area (Å²) in [6.45, 7) is 11.3. The van der Waals surface area contributed by atoms with Crippen molar-refractivity contribution in [2.24, 2.45) is 0 Å². The Morgan fingerprint density at radius 3 is 2.50 bits per heavy atom. The van der Waals surface area contributed by atoms with E-state index in [1.807, 2.05) is 13.8 Å². The Kier molecular flexibility index (Phi) is 6.24. The lowest BCUT2D eigenvalue weighted by atomic mass is 10.1. The Morgan fingerprint density at radius 1 is 0.971 bits per heavy atom. The van der Waals surface area contributed by atoms with E-state index in [2.05, 4.69) is 68.7 Å². The maximum atomic E-state index is 12.5. The standard InChI is InChI=1S/C28H32N4O2/c1-4-32-25-10-6-5-8-22(25)24-18-21(11-12-26(24)32)19-30-14-16-31(17-15-30)27-23(9-7-13-29-27)28(33)34-20(2)3/h5-13,18,20H,4,14-17,19H2,1-3H3. The predicted octanol–water partition coefficient (Wildman–Crippen LogP) is 5.10. The molecule has 0 radical (unpaired) electrons. The van der Waals surface area contributed by atoms with Gasteiger partial charge in [-0.05, 0) is 56.7 Å². The smallest absolute Gasteiger partial charge is 0.342 e. The first-order chi connectivity index (χ1) is 16.5. The van der Waals surface area contributed by atoms with Gasteiger partial charge in [-0.3, -0.25) is 4.90 Å². The normalized spacial score (nSPS) is 14.9. The van der Waals surface area contributed by atoms with Gasteiger partial charge in [0.25, 0.3) is 0 Å². The lowest BCUT2D eigenvalue weighted by Gasteiger charge is -2.36. The molecule has 5 rings (SSSR count). The second kappa shape index (κ2) is 9.47. The first-order valence-electron chi connectivity index (χ1n) is 12.2. The number of piperazine rings is 1. The number of para-hydroxylation sites is 1. The minimum absolute atomic E-state index is 0.152. The summed E-state index contributed by atoms with van der Waals surface area (Å²) in [5, 5.41) is 2.65. The zero-order chi connectivity index (χ0) is 23.7. The highest BCUT2D eigenvalue weighted by Gasteiger charge is 2.24. The monoisotopic (exact) mass is 456 g/mol. The summed E-state index contributed by atoms with van der Waals surface area (Å²) in [6, 6.07) is 19.2. The van der Waals surface area contributed by atoms with Crippen molar-refractivity contribution < 1.29 is 9.53 Å². The fraction of sp³-hybridized carbons (Fsp3) is 0.357. The van der Waals surface area contributed by atoms with Crippen molar-refractivity contribution in [2.75, 3.05) is 31.1 Å². The van der Waals surface area contributed by atoms with Crippen molar-refractivity contribution in [3.05, 3.63) is 71.9 Å². The molecule has 0 bridgehead atoms. The molecule has 4 aromatic rings. The van der Waals surface area contributed by atoms with Crippen LogP contribution >= 0.6 is 0 Å². The van der Waals surface area contributed by atoms with E-state index in [1.165, 1.54) is 27.4 Å². The highest BCUT2D eigenvalue weighted by molar-refractivity contribution is 6.08. The average Bonchev–Trinajstić information content (AvgIpc) is 3.17.